The van der Waals surface area contributed by atoms with Crippen molar-refractivity contribution in [3.63, 3.8) is 0 Å². The Morgan fingerprint density at radius 3 is 2.27 bits per heavy atom. The quantitative estimate of drug-likeness (QED) is 0.658. The Kier molecular flexibility index (Phi) is 2.41. The second-order valence-corrected chi connectivity index (χ2v) is 5.63. The molecular formula is C11H19NO3. The minimum atomic E-state index is -0.433. The summed E-state index contributed by atoms with van der Waals surface area (Å²) in [6, 6.07) is 0. The maximum atomic E-state index is 11.7. The van der Waals surface area contributed by atoms with Crippen LogP contribution < -0.4 is 0 Å². The fourth-order valence-electron chi connectivity index (χ4n) is 2.34. The zero-order valence-corrected chi connectivity index (χ0v) is 9.56. The van der Waals surface area contributed by atoms with Crippen LogP contribution in [0.1, 0.15) is 27.2 Å². The lowest BCUT2D eigenvalue weighted by Gasteiger charge is -2.50. The van der Waals surface area contributed by atoms with E-state index in [-0.39, 0.29) is 24.0 Å². The summed E-state index contributed by atoms with van der Waals surface area (Å²) in [7, 11) is 0. The third kappa shape index (κ3) is 2.09. The van der Waals surface area contributed by atoms with E-state index in [0.29, 0.717) is 13.1 Å². The summed E-state index contributed by atoms with van der Waals surface area (Å²) in [5, 5.41) is 9.58. The fraction of sp³-hybridized carbons (Fsp3) is 0.909. The Bertz CT molecular complexity index is 259. The number of carbonyl (C=O) groups is 1. The van der Waals surface area contributed by atoms with E-state index in [1.165, 1.54) is 0 Å². The molecule has 3 rings (SSSR count). The van der Waals surface area contributed by atoms with Gasteiger partial charge in [-0.1, -0.05) is 0 Å². The lowest BCUT2D eigenvalue weighted by atomic mass is 9.68. The Morgan fingerprint density at radius 1 is 1.33 bits per heavy atom. The molecule has 0 unspecified atom stereocenters. The maximum absolute atomic E-state index is 11.7. The molecule has 0 spiro atoms. The van der Waals surface area contributed by atoms with Gasteiger partial charge in [0.15, 0.2) is 0 Å². The molecule has 2 aliphatic heterocycles. The second-order valence-electron chi connectivity index (χ2n) is 5.63. The lowest BCUT2D eigenvalue weighted by Crippen LogP contribution is -2.60. The number of carbonyl (C=O) groups excluding carboxylic acids is 1. The van der Waals surface area contributed by atoms with Crippen molar-refractivity contribution < 1.29 is 14.6 Å². The first-order valence-corrected chi connectivity index (χ1v) is 5.53. The van der Waals surface area contributed by atoms with Crippen LogP contribution >= 0.6 is 0 Å². The molecule has 3 atom stereocenters. The van der Waals surface area contributed by atoms with Gasteiger partial charge in [0.2, 0.25) is 0 Å². The van der Waals surface area contributed by atoms with Gasteiger partial charge < -0.3 is 14.7 Å². The van der Waals surface area contributed by atoms with Gasteiger partial charge in [-0.15, -0.1) is 0 Å². The van der Waals surface area contributed by atoms with Crippen LogP contribution in [0.2, 0.25) is 0 Å². The molecule has 1 N–H and O–H groups in total. The number of amides is 1. The molecule has 0 aromatic rings. The van der Waals surface area contributed by atoms with Crippen LogP contribution in [0.4, 0.5) is 4.79 Å². The summed E-state index contributed by atoms with van der Waals surface area (Å²) in [5.41, 5.74) is -0.433. The minimum absolute atomic E-state index is 0.191. The van der Waals surface area contributed by atoms with Crippen LogP contribution in [0.25, 0.3) is 0 Å². The van der Waals surface area contributed by atoms with E-state index in [0.717, 1.165) is 6.42 Å². The van der Waals surface area contributed by atoms with Crippen molar-refractivity contribution in [2.24, 2.45) is 11.8 Å². The van der Waals surface area contributed by atoms with Crippen molar-refractivity contribution in [3.05, 3.63) is 0 Å². The monoisotopic (exact) mass is 213 g/mol. The number of rotatable bonds is 0. The number of nitrogens with zero attached hydrogens (tertiary/aromatic N) is 1. The van der Waals surface area contributed by atoms with Crippen molar-refractivity contribution in [1.29, 1.82) is 0 Å². The summed E-state index contributed by atoms with van der Waals surface area (Å²) >= 11 is 0. The molecule has 86 valence electrons. The van der Waals surface area contributed by atoms with Crippen molar-refractivity contribution in [1.82, 2.24) is 4.90 Å². The third-order valence-corrected chi connectivity index (χ3v) is 3.13. The molecule has 0 aromatic heterocycles. The zero-order valence-electron chi connectivity index (χ0n) is 9.56. The van der Waals surface area contributed by atoms with Crippen LogP contribution in [-0.4, -0.2) is 40.9 Å². The van der Waals surface area contributed by atoms with E-state index in [1.54, 1.807) is 4.90 Å². The number of fused-ring (bicyclic) bond motifs is 2. The summed E-state index contributed by atoms with van der Waals surface area (Å²) in [6.45, 7) is 6.89. The van der Waals surface area contributed by atoms with Gasteiger partial charge in [0.05, 0.1) is 6.10 Å². The van der Waals surface area contributed by atoms with Gasteiger partial charge in [0.1, 0.15) is 5.60 Å². The highest BCUT2D eigenvalue weighted by molar-refractivity contribution is 5.68. The predicted octanol–water partition coefficient (Wildman–Crippen LogP) is 1.23. The van der Waals surface area contributed by atoms with Crippen molar-refractivity contribution >= 4 is 6.09 Å². The maximum Gasteiger partial charge on any atom is 0.410 e. The van der Waals surface area contributed by atoms with E-state index in [2.05, 4.69) is 0 Å². The van der Waals surface area contributed by atoms with Crippen LogP contribution in [0.3, 0.4) is 0 Å². The molecule has 0 radical (unpaired) electrons. The summed E-state index contributed by atoms with van der Waals surface area (Å²) in [6.07, 6.45) is 0.619. The van der Waals surface area contributed by atoms with E-state index < -0.39 is 5.60 Å². The molecule has 1 aliphatic carbocycles. The number of aliphatic hydroxyl groups excluding tert-OH is 1. The molecule has 4 nitrogen and oxygen atoms in total. The van der Waals surface area contributed by atoms with Gasteiger partial charge in [0, 0.05) is 24.9 Å². The van der Waals surface area contributed by atoms with Gasteiger partial charge >= 0.3 is 6.09 Å². The Hall–Kier alpha value is -0.770. The number of hydrogen-bond acceptors (Lipinski definition) is 3. The van der Waals surface area contributed by atoms with Crippen LogP contribution in [-0.2, 0) is 4.74 Å². The Balaban J connectivity index is 1.88. The highest BCUT2D eigenvalue weighted by Crippen LogP contribution is 2.40. The number of piperidine rings is 2. The van der Waals surface area contributed by atoms with Crippen molar-refractivity contribution in [2.45, 2.75) is 38.9 Å². The van der Waals surface area contributed by atoms with Crippen molar-refractivity contribution in [2.75, 3.05) is 13.1 Å². The average Bonchev–Trinajstić information content (AvgIpc) is 2.14. The SMILES string of the molecule is CC(C)(C)OC(=O)N1C[C@H]2C[C@@H](C1)[C@H]2O. The molecule has 0 aromatic carbocycles. The van der Waals surface area contributed by atoms with Gasteiger partial charge in [0.25, 0.3) is 0 Å². The summed E-state index contributed by atoms with van der Waals surface area (Å²) in [5.74, 6) is 0.549. The van der Waals surface area contributed by atoms with E-state index in [9.17, 15) is 9.90 Å². The van der Waals surface area contributed by atoms with Crippen LogP contribution in [0, 0.1) is 11.8 Å². The first-order valence-electron chi connectivity index (χ1n) is 5.53. The number of aliphatic hydroxyl groups is 1. The predicted molar refractivity (Wildman–Crippen MR) is 55.4 cm³/mol. The topological polar surface area (TPSA) is 49.8 Å². The molecule has 2 heterocycles. The number of hydrogen-bond donors (Lipinski definition) is 1. The fourth-order valence-corrected chi connectivity index (χ4v) is 2.34. The Morgan fingerprint density at radius 2 is 1.87 bits per heavy atom. The largest absolute Gasteiger partial charge is 0.444 e. The first-order chi connectivity index (χ1) is 6.87. The van der Waals surface area contributed by atoms with Crippen LogP contribution in [0.15, 0.2) is 0 Å². The second kappa shape index (κ2) is 3.37. The molecule has 1 amide bonds. The van der Waals surface area contributed by atoms with Gasteiger partial charge in [-0.3, -0.25) is 0 Å². The van der Waals surface area contributed by atoms with E-state index in [4.69, 9.17) is 4.74 Å². The average molecular weight is 213 g/mol. The molecule has 2 saturated heterocycles. The summed E-state index contributed by atoms with van der Waals surface area (Å²) in [4.78, 5) is 13.4. The van der Waals surface area contributed by atoms with Gasteiger partial charge in [-0.05, 0) is 27.2 Å². The van der Waals surface area contributed by atoms with Gasteiger partial charge in [-0.2, -0.15) is 0 Å². The molecular weight excluding hydrogens is 194 g/mol. The van der Waals surface area contributed by atoms with Crippen molar-refractivity contribution in [3.8, 4) is 0 Å². The van der Waals surface area contributed by atoms with E-state index >= 15 is 0 Å². The molecule has 3 fully saturated rings. The normalized spacial score (nSPS) is 34.7. The molecule has 1 saturated carbocycles. The highest BCUT2D eigenvalue weighted by atomic mass is 16.6. The molecule has 15 heavy (non-hydrogen) atoms. The Labute approximate surface area is 90.2 Å². The van der Waals surface area contributed by atoms with E-state index in [1.807, 2.05) is 20.8 Å². The third-order valence-electron chi connectivity index (χ3n) is 3.13. The smallest absolute Gasteiger partial charge is 0.410 e. The standard InChI is InChI=1S/C11H19NO3/c1-11(2,3)15-10(14)12-5-7-4-8(6-12)9(7)13/h7-9,13H,4-6H2,1-3H3/t7-,8+,9+. The highest BCUT2D eigenvalue weighted by Gasteiger charge is 2.47. The molecule has 3 aliphatic rings. The zero-order chi connectivity index (χ0) is 11.2. The lowest BCUT2D eigenvalue weighted by molar-refractivity contribution is -0.106. The van der Waals surface area contributed by atoms with Gasteiger partial charge in [-0.25, -0.2) is 4.79 Å². The number of ether oxygens (including phenoxy) is 1. The molecule has 4 heteroatoms. The summed E-state index contributed by atoms with van der Waals surface area (Å²) < 4.78 is 5.29. The molecule has 2 bridgehead atoms. The minimum Gasteiger partial charge on any atom is -0.444 e. The van der Waals surface area contributed by atoms with Crippen LogP contribution in [0.5, 0.6) is 0 Å². The first kappa shape index (κ1) is 10.7.